The summed E-state index contributed by atoms with van der Waals surface area (Å²) in [5, 5.41) is 3.04. The quantitative estimate of drug-likeness (QED) is 0.679. The third kappa shape index (κ3) is 6.73. The minimum Gasteiger partial charge on any atom is -0.481 e. The second kappa shape index (κ2) is 10.9. The maximum atomic E-state index is 12.4. The largest absolute Gasteiger partial charge is 0.481 e. The number of amides is 2. The molecule has 156 valence electrons. The third-order valence-electron chi connectivity index (χ3n) is 5.05. The van der Waals surface area contributed by atoms with E-state index in [-0.39, 0.29) is 18.0 Å². The SMILES string of the molecule is CCCCOC(=O)N1CCC(NC(=O)C(C)Oc2ccc(C(C)C)cc2)CC1. The summed E-state index contributed by atoms with van der Waals surface area (Å²) >= 11 is 0. The molecule has 0 spiro atoms. The fraction of sp³-hybridized carbons (Fsp3) is 0.636. The molecule has 1 saturated heterocycles. The Morgan fingerprint density at radius 2 is 1.79 bits per heavy atom. The summed E-state index contributed by atoms with van der Waals surface area (Å²) in [6.45, 7) is 9.77. The Morgan fingerprint density at radius 3 is 2.36 bits per heavy atom. The molecule has 1 N–H and O–H groups in total. The Hall–Kier alpha value is -2.24. The Kier molecular flexibility index (Phi) is 8.61. The molecule has 28 heavy (non-hydrogen) atoms. The van der Waals surface area contributed by atoms with Crippen LogP contribution < -0.4 is 10.1 Å². The van der Waals surface area contributed by atoms with Gasteiger partial charge in [-0.15, -0.1) is 0 Å². The Labute approximate surface area is 168 Å². The van der Waals surface area contributed by atoms with Gasteiger partial charge in [0.2, 0.25) is 0 Å². The first-order chi connectivity index (χ1) is 13.4. The van der Waals surface area contributed by atoms with Gasteiger partial charge in [-0.1, -0.05) is 39.3 Å². The van der Waals surface area contributed by atoms with E-state index in [1.54, 1.807) is 11.8 Å². The van der Waals surface area contributed by atoms with E-state index in [9.17, 15) is 9.59 Å². The van der Waals surface area contributed by atoms with Crippen molar-refractivity contribution < 1.29 is 19.1 Å². The van der Waals surface area contributed by atoms with E-state index in [2.05, 4.69) is 26.1 Å². The molecule has 1 aliphatic rings. The molecule has 1 aliphatic heterocycles. The molecule has 0 bridgehead atoms. The van der Waals surface area contributed by atoms with Crippen LogP contribution in [0.5, 0.6) is 5.75 Å². The number of benzene rings is 1. The van der Waals surface area contributed by atoms with Crippen molar-refractivity contribution in [2.45, 2.75) is 71.4 Å². The minimum absolute atomic E-state index is 0.0570. The molecule has 1 aromatic rings. The number of ether oxygens (including phenoxy) is 2. The zero-order valence-electron chi connectivity index (χ0n) is 17.6. The summed E-state index contributed by atoms with van der Waals surface area (Å²) in [6, 6.07) is 7.92. The van der Waals surface area contributed by atoms with Gasteiger partial charge in [-0.25, -0.2) is 4.79 Å². The second-order valence-electron chi connectivity index (χ2n) is 7.72. The van der Waals surface area contributed by atoms with Crippen molar-refractivity contribution in [2.24, 2.45) is 0 Å². The molecule has 1 unspecified atom stereocenters. The van der Waals surface area contributed by atoms with E-state index in [1.807, 2.05) is 24.3 Å². The van der Waals surface area contributed by atoms with Gasteiger partial charge in [0, 0.05) is 19.1 Å². The standard InChI is InChI=1S/C22H34N2O4/c1-5-6-15-27-22(26)24-13-11-19(12-14-24)23-21(25)17(4)28-20-9-7-18(8-10-20)16(2)3/h7-10,16-17,19H,5-6,11-15H2,1-4H3,(H,23,25). The minimum atomic E-state index is -0.568. The van der Waals surface area contributed by atoms with Crippen LogP contribution in [0.2, 0.25) is 0 Å². The van der Waals surface area contributed by atoms with Gasteiger partial charge in [0.05, 0.1) is 6.61 Å². The van der Waals surface area contributed by atoms with Crippen LogP contribution >= 0.6 is 0 Å². The number of unbranched alkanes of at least 4 members (excludes halogenated alkanes) is 1. The number of hydrogen-bond donors (Lipinski definition) is 1. The number of nitrogens with one attached hydrogen (secondary N) is 1. The summed E-state index contributed by atoms with van der Waals surface area (Å²) in [7, 11) is 0. The van der Waals surface area contributed by atoms with Gasteiger partial charge in [-0.05, 0) is 49.8 Å². The van der Waals surface area contributed by atoms with E-state index in [0.717, 1.165) is 25.7 Å². The lowest BCUT2D eigenvalue weighted by atomic mass is 10.0. The normalized spacial score (nSPS) is 16.0. The maximum Gasteiger partial charge on any atom is 0.409 e. The molecule has 6 nitrogen and oxygen atoms in total. The van der Waals surface area contributed by atoms with Crippen LogP contribution in [0.15, 0.2) is 24.3 Å². The summed E-state index contributed by atoms with van der Waals surface area (Å²) < 4.78 is 11.0. The van der Waals surface area contributed by atoms with Crippen LogP contribution in [0.3, 0.4) is 0 Å². The highest BCUT2D eigenvalue weighted by molar-refractivity contribution is 5.81. The summed E-state index contributed by atoms with van der Waals surface area (Å²) in [6.07, 6.45) is 2.52. The smallest absolute Gasteiger partial charge is 0.409 e. The van der Waals surface area contributed by atoms with Gasteiger partial charge < -0.3 is 19.7 Å². The van der Waals surface area contributed by atoms with Crippen molar-refractivity contribution in [1.29, 1.82) is 0 Å². The lowest BCUT2D eigenvalue weighted by molar-refractivity contribution is -0.128. The fourth-order valence-electron chi connectivity index (χ4n) is 3.11. The van der Waals surface area contributed by atoms with Crippen LogP contribution in [0.25, 0.3) is 0 Å². The second-order valence-corrected chi connectivity index (χ2v) is 7.72. The molecule has 0 saturated carbocycles. The van der Waals surface area contributed by atoms with Crippen molar-refractivity contribution in [3.63, 3.8) is 0 Å². The predicted octanol–water partition coefficient (Wildman–Crippen LogP) is 4.09. The summed E-state index contributed by atoms with van der Waals surface area (Å²) in [5.41, 5.74) is 1.24. The average Bonchev–Trinajstić information content (AvgIpc) is 2.69. The molecular formula is C22H34N2O4. The van der Waals surface area contributed by atoms with Crippen molar-refractivity contribution >= 4 is 12.0 Å². The molecule has 0 aromatic heterocycles. The van der Waals surface area contributed by atoms with E-state index < -0.39 is 6.10 Å². The van der Waals surface area contributed by atoms with Crippen molar-refractivity contribution in [2.75, 3.05) is 19.7 Å². The number of nitrogens with zero attached hydrogens (tertiary/aromatic N) is 1. The molecule has 0 radical (unpaired) electrons. The number of piperidine rings is 1. The van der Waals surface area contributed by atoms with E-state index in [4.69, 9.17) is 9.47 Å². The van der Waals surface area contributed by atoms with E-state index >= 15 is 0 Å². The van der Waals surface area contributed by atoms with Gasteiger partial charge in [0.15, 0.2) is 6.10 Å². The lowest BCUT2D eigenvalue weighted by Gasteiger charge is -2.32. The molecule has 1 atom stereocenters. The maximum absolute atomic E-state index is 12.4. The number of carbonyl (C=O) groups excluding carboxylic acids is 2. The highest BCUT2D eigenvalue weighted by Crippen LogP contribution is 2.19. The Bertz CT molecular complexity index is 622. The molecule has 2 rings (SSSR count). The fourth-order valence-corrected chi connectivity index (χ4v) is 3.11. The number of carbonyl (C=O) groups is 2. The highest BCUT2D eigenvalue weighted by atomic mass is 16.6. The van der Waals surface area contributed by atoms with Gasteiger partial charge >= 0.3 is 6.09 Å². The Morgan fingerprint density at radius 1 is 1.14 bits per heavy atom. The van der Waals surface area contributed by atoms with Crippen molar-refractivity contribution in [3.8, 4) is 5.75 Å². The van der Waals surface area contributed by atoms with Gasteiger partial charge in [-0.3, -0.25) is 4.79 Å². The molecular weight excluding hydrogens is 356 g/mol. The zero-order valence-corrected chi connectivity index (χ0v) is 17.6. The zero-order chi connectivity index (χ0) is 20.5. The molecule has 1 fully saturated rings. The van der Waals surface area contributed by atoms with Crippen LogP contribution in [-0.4, -0.2) is 48.7 Å². The molecule has 1 aromatic carbocycles. The summed E-state index contributed by atoms with van der Waals surface area (Å²) in [4.78, 5) is 26.1. The molecule has 0 aliphatic carbocycles. The van der Waals surface area contributed by atoms with Crippen LogP contribution in [0, 0.1) is 0 Å². The van der Waals surface area contributed by atoms with Crippen molar-refractivity contribution in [3.05, 3.63) is 29.8 Å². The molecule has 6 heteroatoms. The number of rotatable bonds is 8. The van der Waals surface area contributed by atoms with Gasteiger partial charge in [-0.2, -0.15) is 0 Å². The first-order valence-electron chi connectivity index (χ1n) is 10.4. The Balaban J connectivity index is 1.73. The topological polar surface area (TPSA) is 67.9 Å². The van der Waals surface area contributed by atoms with Gasteiger partial charge in [0.1, 0.15) is 5.75 Å². The molecule has 2 amide bonds. The van der Waals surface area contributed by atoms with Crippen molar-refractivity contribution in [1.82, 2.24) is 10.2 Å². The predicted molar refractivity (Wildman–Crippen MR) is 110 cm³/mol. The van der Waals surface area contributed by atoms with E-state index in [1.165, 1.54) is 5.56 Å². The number of hydrogen-bond acceptors (Lipinski definition) is 4. The highest BCUT2D eigenvalue weighted by Gasteiger charge is 2.26. The monoisotopic (exact) mass is 390 g/mol. The number of likely N-dealkylation sites (tertiary alicyclic amines) is 1. The first-order valence-corrected chi connectivity index (χ1v) is 10.4. The lowest BCUT2D eigenvalue weighted by Crippen LogP contribution is -2.49. The van der Waals surface area contributed by atoms with Crippen LogP contribution in [-0.2, 0) is 9.53 Å². The van der Waals surface area contributed by atoms with Crippen LogP contribution in [0.4, 0.5) is 4.79 Å². The first kappa shape index (κ1) is 22.1. The van der Waals surface area contributed by atoms with Crippen LogP contribution in [0.1, 0.15) is 64.9 Å². The molecule has 1 heterocycles. The van der Waals surface area contributed by atoms with Gasteiger partial charge in [0.25, 0.3) is 5.91 Å². The summed E-state index contributed by atoms with van der Waals surface area (Å²) in [5.74, 6) is 1.03. The average molecular weight is 391 g/mol. The third-order valence-corrected chi connectivity index (χ3v) is 5.05. The van der Waals surface area contributed by atoms with E-state index in [0.29, 0.717) is 31.4 Å².